The number of methoxy groups -OCH3 is 1. The van der Waals surface area contributed by atoms with E-state index in [9.17, 15) is 9.59 Å². The van der Waals surface area contributed by atoms with Crippen molar-refractivity contribution in [1.82, 2.24) is 10.6 Å². The summed E-state index contributed by atoms with van der Waals surface area (Å²) in [4.78, 5) is 25.3. The van der Waals surface area contributed by atoms with Crippen molar-refractivity contribution in [2.75, 3.05) is 25.6 Å². The molecular weight excluding hydrogens is 402 g/mol. The normalized spacial score (nSPS) is 11.8. The number of nitrogens with one attached hydrogen (secondary N) is 3. The monoisotopic (exact) mass is 431 g/mol. The number of hydrogen-bond donors (Lipinski definition) is 3. The van der Waals surface area contributed by atoms with Gasteiger partial charge in [0.15, 0.2) is 0 Å². The number of halogens is 1. The van der Waals surface area contributed by atoms with Crippen LogP contribution in [0.25, 0.3) is 0 Å². The predicted molar refractivity (Wildman–Crippen MR) is 121 cm³/mol. The van der Waals surface area contributed by atoms with E-state index in [1.54, 1.807) is 31.4 Å². The van der Waals surface area contributed by atoms with Gasteiger partial charge in [-0.3, -0.25) is 9.59 Å². The molecule has 6 nitrogen and oxygen atoms in total. The van der Waals surface area contributed by atoms with Gasteiger partial charge in [-0.05, 0) is 54.3 Å². The fourth-order valence-electron chi connectivity index (χ4n) is 2.90. The van der Waals surface area contributed by atoms with Crippen LogP contribution >= 0.6 is 11.6 Å². The van der Waals surface area contributed by atoms with Gasteiger partial charge in [0.2, 0.25) is 5.91 Å². The molecular formula is C23H30ClN3O3. The van der Waals surface area contributed by atoms with E-state index in [0.717, 1.165) is 17.8 Å². The first-order valence-corrected chi connectivity index (χ1v) is 10.4. The van der Waals surface area contributed by atoms with Crippen molar-refractivity contribution in [2.24, 2.45) is 5.92 Å². The number of amides is 2. The van der Waals surface area contributed by atoms with Crippen LogP contribution in [0.15, 0.2) is 48.5 Å². The quantitative estimate of drug-likeness (QED) is 0.472. The summed E-state index contributed by atoms with van der Waals surface area (Å²) < 4.78 is 5.02. The van der Waals surface area contributed by atoms with Gasteiger partial charge in [0.05, 0.1) is 6.61 Å². The van der Waals surface area contributed by atoms with E-state index in [1.807, 2.05) is 38.1 Å². The molecule has 1 atom stereocenters. The van der Waals surface area contributed by atoms with Gasteiger partial charge < -0.3 is 20.7 Å². The third-order valence-corrected chi connectivity index (χ3v) is 4.74. The van der Waals surface area contributed by atoms with Crippen LogP contribution in [0.4, 0.5) is 5.69 Å². The molecule has 1 unspecified atom stereocenters. The Morgan fingerprint density at radius 1 is 1.03 bits per heavy atom. The topological polar surface area (TPSA) is 79.5 Å². The lowest BCUT2D eigenvalue weighted by Crippen LogP contribution is -2.47. The van der Waals surface area contributed by atoms with Crippen LogP contribution in [0.3, 0.4) is 0 Å². The molecule has 0 aliphatic carbocycles. The highest BCUT2D eigenvalue weighted by atomic mass is 35.5. The zero-order valence-electron chi connectivity index (χ0n) is 17.7. The van der Waals surface area contributed by atoms with E-state index >= 15 is 0 Å². The summed E-state index contributed by atoms with van der Waals surface area (Å²) in [6, 6.07) is 13.8. The van der Waals surface area contributed by atoms with Crippen LogP contribution in [0.1, 0.15) is 36.2 Å². The van der Waals surface area contributed by atoms with Gasteiger partial charge in [0.25, 0.3) is 5.91 Å². The first-order chi connectivity index (χ1) is 14.4. The second-order valence-corrected chi connectivity index (χ2v) is 7.93. The third-order valence-electron chi connectivity index (χ3n) is 4.49. The summed E-state index contributed by atoms with van der Waals surface area (Å²) >= 11 is 5.88. The third kappa shape index (κ3) is 8.05. The average Bonchev–Trinajstić information content (AvgIpc) is 2.72. The Kier molecular flexibility index (Phi) is 9.64. The number of carbonyl (C=O) groups is 2. The van der Waals surface area contributed by atoms with Crippen LogP contribution in [0.5, 0.6) is 0 Å². The molecule has 0 heterocycles. The Morgan fingerprint density at radius 2 is 1.70 bits per heavy atom. The highest BCUT2D eigenvalue weighted by Crippen LogP contribution is 2.12. The van der Waals surface area contributed by atoms with E-state index in [2.05, 4.69) is 16.0 Å². The number of benzene rings is 2. The first-order valence-electron chi connectivity index (χ1n) is 10.0. The van der Waals surface area contributed by atoms with E-state index in [4.69, 9.17) is 16.3 Å². The van der Waals surface area contributed by atoms with E-state index in [-0.39, 0.29) is 17.7 Å². The molecule has 0 saturated heterocycles. The van der Waals surface area contributed by atoms with Crippen LogP contribution in [0.2, 0.25) is 5.02 Å². The van der Waals surface area contributed by atoms with E-state index in [1.165, 1.54) is 0 Å². The van der Waals surface area contributed by atoms with Gasteiger partial charge in [-0.15, -0.1) is 0 Å². The molecule has 0 radical (unpaired) electrons. The lowest BCUT2D eigenvalue weighted by atomic mass is 10.0. The lowest BCUT2D eigenvalue weighted by Gasteiger charge is -2.20. The molecule has 7 heteroatoms. The van der Waals surface area contributed by atoms with Crippen molar-refractivity contribution in [3.63, 3.8) is 0 Å². The van der Waals surface area contributed by atoms with Crippen molar-refractivity contribution < 1.29 is 14.3 Å². The summed E-state index contributed by atoms with van der Waals surface area (Å²) in [6.45, 7) is 5.80. The van der Waals surface area contributed by atoms with Crippen LogP contribution in [-0.2, 0) is 16.1 Å². The molecule has 0 aliphatic heterocycles. The fourth-order valence-corrected chi connectivity index (χ4v) is 3.02. The van der Waals surface area contributed by atoms with E-state index in [0.29, 0.717) is 30.2 Å². The average molecular weight is 432 g/mol. The van der Waals surface area contributed by atoms with Crippen molar-refractivity contribution in [3.05, 3.63) is 64.7 Å². The van der Waals surface area contributed by atoms with Gasteiger partial charge in [0.1, 0.15) is 6.04 Å². The Morgan fingerprint density at radius 3 is 2.30 bits per heavy atom. The highest BCUT2D eigenvalue weighted by Gasteiger charge is 2.22. The molecule has 0 fully saturated rings. The molecule has 0 saturated carbocycles. The maximum absolute atomic E-state index is 12.7. The molecule has 2 aromatic rings. The molecule has 0 bridgehead atoms. The molecule has 2 aromatic carbocycles. The van der Waals surface area contributed by atoms with Crippen molar-refractivity contribution in [2.45, 2.75) is 32.9 Å². The van der Waals surface area contributed by atoms with Crippen LogP contribution in [-0.4, -0.2) is 38.1 Å². The second-order valence-electron chi connectivity index (χ2n) is 7.50. The first kappa shape index (κ1) is 23.7. The minimum absolute atomic E-state index is 0.201. The Bertz CT molecular complexity index is 807. The molecule has 3 N–H and O–H groups in total. The molecule has 0 aromatic heterocycles. The number of hydrogen-bond acceptors (Lipinski definition) is 4. The standard InChI is InChI=1S/C23H30ClN3O3/c1-16(2)14-21(27-22(28)18-6-8-19(24)9-7-18)23(29)26-15-17-4-10-20(11-5-17)25-12-13-30-3/h4-11,16,21,25H,12-15H2,1-3H3,(H,26,29)(H,27,28). The molecule has 162 valence electrons. The number of ether oxygens (including phenoxy) is 1. The van der Waals surface area contributed by atoms with E-state index < -0.39 is 6.04 Å². The van der Waals surface area contributed by atoms with Gasteiger partial charge in [-0.25, -0.2) is 0 Å². The Labute approximate surface area is 183 Å². The highest BCUT2D eigenvalue weighted by molar-refractivity contribution is 6.30. The number of anilines is 1. The smallest absolute Gasteiger partial charge is 0.251 e. The van der Waals surface area contributed by atoms with Crippen LogP contribution in [0, 0.1) is 5.92 Å². The molecule has 0 spiro atoms. The molecule has 30 heavy (non-hydrogen) atoms. The zero-order chi connectivity index (χ0) is 21.9. The molecule has 0 aliphatic rings. The summed E-state index contributed by atoms with van der Waals surface area (Å²) in [5.41, 5.74) is 2.44. The summed E-state index contributed by atoms with van der Waals surface area (Å²) in [5.74, 6) is -0.240. The summed E-state index contributed by atoms with van der Waals surface area (Å²) in [7, 11) is 1.66. The summed E-state index contributed by atoms with van der Waals surface area (Å²) in [6.07, 6.45) is 0.549. The maximum atomic E-state index is 12.7. The minimum Gasteiger partial charge on any atom is -0.383 e. The largest absolute Gasteiger partial charge is 0.383 e. The van der Waals surface area contributed by atoms with Gasteiger partial charge >= 0.3 is 0 Å². The molecule has 2 rings (SSSR count). The lowest BCUT2D eigenvalue weighted by molar-refractivity contribution is -0.123. The maximum Gasteiger partial charge on any atom is 0.251 e. The number of carbonyl (C=O) groups excluding carboxylic acids is 2. The van der Waals surface area contributed by atoms with Gasteiger partial charge in [-0.1, -0.05) is 37.6 Å². The van der Waals surface area contributed by atoms with Crippen LogP contribution < -0.4 is 16.0 Å². The SMILES string of the molecule is COCCNc1ccc(CNC(=O)C(CC(C)C)NC(=O)c2ccc(Cl)cc2)cc1. The molecule has 2 amide bonds. The van der Waals surface area contributed by atoms with Crippen molar-refractivity contribution in [3.8, 4) is 0 Å². The van der Waals surface area contributed by atoms with Crippen molar-refractivity contribution >= 4 is 29.1 Å². The minimum atomic E-state index is -0.608. The fraction of sp³-hybridized carbons (Fsp3) is 0.391. The zero-order valence-corrected chi connectivity index (χ0v) is 18.5. The Balaban J connectivity index is 1.92. The summed E-state index contributed by atoms with van der Waals surface area (Å²) in [5, 5.41) is 9.58. The van der Waals surface area contributed by atoms with Gasteiger partial charge in [-0.2, -0.15) is 0 Å². The van der Waals surface area contributed by atoms with Crippen molar-refractivity contribution in [1.29, 1.82) is 0 Å². The Hall–Kier alpha value is -2.57. The number of rotatable bonds is 11. The van der Waals surface area contributed by atoms with Gasteiger partial charge in [0, 0.05) is 36.5 Å². The predicted octanol–water partition coefficient (Wildman–Crippen LogP) is 3.86. The second kappa shape index (κ2) is 12.2.